The molecule has 0 aliphatic heterocycles. The van der Waals surface area contributed by atoms with Gasteiger partial charge in [0.1, 0.15) is 0 Å². The molecule has 0 spiro atoms. The van der Waals surface area contributed by atoms with Crippen LogP contribution < -0.4 is 11.4 Å². The first kappa shape index (κ1) is 10.9. The number of nitrogen functional groups attached to an aromatic ring is 1. The van der Waals surface area contributed by atoms with Crippen LogP contribution in [0.1, 0.15) is 0 Å². The number of hydrogen-bond donors (Lipinski definition) is 2. The standard InChI is InChI=1S/C13H10ClN3O/c14-9-3-1-2-4-11(9)17-12-6-5-8(15)7-10(12)16-13(17)18/h1-7H,15H2,(H,16,18). The topological polar surface area (TPSA) is 63.8 Å². The summed E-state index contributed by atoms with van der Waals surface area (Å²) in [6, 6.07) is 12.5. The van der Waals surface area contributed by atoms with E-state index in [2.05, 4.69) is 4.98 Å². The van der Waals surface area contributed by atoms with Crippen molar-refractivity contribution < 1.29 is 0 Å². The first-order valence-electron chi connectivity index (χ1n) is 5.42. The fourth-order valence-corrected chi connectivity index (χ4v) is 2.22. The molecule has 0 atom stereocenters. The maximum atomic E-state index is 12.0. The number of H-pyrrole nitrogens is 1. The van der Waals surface area contributed by atoms with Crippen molar-refractivity contribution in [1.82, 2.24) is 9.55 Å². The number of halogens is 1. The lowest BCUT2D eigenvalue weighted by Gasteiger charge is -2.05. The molecule has 3 rings (SSSR count). The maximum Gasteiger partial charge on any atom is 0.331 e. The van der Waals surface area contributed by atoms with Crippen molar-refractivity contribution in [3.8, 4) is 5.69 Å². The van der Waals surface area contributed by atoms with Crippen molar-refractivity contribution in [1.29, 1.82) is 0 Å². The fraction of sp³-hybridized carbons (Fsp3) is 0. The van der Waals surface area contributed by atoms with E-state index < -0.39 is 0 Å². The summed E-state index contributed by atoms with van der Waals surface area (Å²) in [4.78, 5) is 14.8. The van der Waals surface area contributed by atoms with Gasteiger partial charge < -0.3 is 10.7 Å². The highest BCUT2D eigenvalue weighted by Gasteiger charge is 2.10. The number of anilines is 1. The van der Waals surface area contributed by atoms with Crippen LogP contribution in [0.3, 0.4) is 0 Å². The number of nitrogens with one attached hydrogen (secondary N) is 1. The summed E-state index contributed by atoms with van der Waals surface area (Å²) in [5, 5.41) is 0.525. The van der Waals surface area contributed by atoms with Crippen molar-refractivity contribution in [3.05, 3.63) is 58.0 Å². The summed E-state index contributed by atoms with van der Waals surface area (Å²) in [5.41, 5.74) is 8.17. The molecule has 1 aromatic heterocycles. The van der Waals surface area contributed by atoms with E-state index in [1.807, 2.05) is 12.1 Å². The molecule has 2 aromatic carbocycles. The van der Waals surface area contributed by atoms with E-state index in [0.717, 1.165) is 5.52 Å². The van der Waals surface area contributed by atoms with E-state index in [9.17, 15) is 4.79 Å². The van der Waals surface area contributed by atoms with Crippen molar-refractivity contribution in [3.63, 3.8) is 0 Å². The Balaban J connectivity index is 2.40. The van der Waals surface area contributed by atoms with Crippen LogP contribution >= 0.6 is 11.6 Å². The second kappa shape index (κ2) is 3.92. The summed E-state index contributed by atoms with van der Waals surface area (Å²) >= 11 is 6.12. The van der Waals surface area contributed by atoms with Gasteiger partial charge in [-0.25, -0.2) is 4.79 Å². The number of aromatic nitrogens is 2. The molecular formula is C13H10ClN3O. The molecule has 4 nitrogen and oxygen atoms in total. The zero-order valence-corrected chi connectivity index (χ0v) is 10.1. The van der Waals surface area contributed by atoms with Gasteiger partial charge in [0.05, 0.1) is 21.7 Å². The molecule has 90 valence electrons. The number of nitrogens with zero attached hydrogens (tertiary/aromatic N) is 1. The maximum absolute atomic E-state index is 12.0. The molecule has 0 radical (unpaired) electrons. The van der Waals surface area contributed by atoms with Gasteiger partial charge in [-0.05, 0) is 30.3 Å². The lowest BCUT2D eigenvalue weighted by Crippen LogP contribution is -2.14. The normalized spacial score (nSPS) is 10.9. The monoisotopic (exact) mass is 259 g/mol. The Morgan fingerprint density at radius 2 is 1.94 bits per heavy atom. The van der Waals surface area contributed by atoms with Crippen LogP contribution in [0.5, 0.6) is 0 Å². The van der Waals surface area contributed by atoms with Gasteiger partial charge in [0.15, 0.2) is 0 Å². The van der Waals surface area contributed by atoms with Crippen molar-refractivity contribution in [2.75, 3.05) is 5.73 Å². The molecule has 0 aliphatic carbocycles. The zero-order chi connectivity index (χ0) is 12.7. The molecule has 3 N–H and O–H groups in total. The van der Waals surface area contributed by atoms with Gasteiger partial charge in [0, 0.05) is 5.69 Å². The van der Waals surface area contributed by atoms with Gasteiger partial charge in [-0.1, -0.05) is 23.7 Å². The Morgan fingerprint density at radius 1 is 1.17 bits per heavy atom. The third-order valence-electron chi connectivity index (χ3n) is 2.80. The van der Waals surface area contributed by atoms with Crippen LogP contribution in [-0.2, 0) is 0 Å². The Kier molecular flexibility index (Phi) is 2.38. The average molecular weight is 260 g/mol. The van der Waals surface area contributed by atoms with Gasteiger partial charge in [0.2, 0.25) is 0 Å². The first-order chi connectivity index (χ1) is 8.66. The molecule has 0 fully saturated rings. The Labute approximate surface area is 108 Å². The number of fused-ring (bicyclic) bond motifs is 1. The van der Waals surface area contributed by atoms with E-state index >= 15 is 0 Å². The Bertz CT molecular complexity index is 788. The number of benzene rings is 2. The SMILES string of the molecule is Nc1ccc2c(c1)[nH]c(=O)n2-c1ccccc1Cl. The van der Waals surface area contributed by atoms with Gasteiger partial charge in [-0.3, -0.25) is 4.57 Å². The summed E-state index contributed by atoms with van der Waals surface area (Å²) < 4.78 is 1.54. The largest absolute Gasteiger partial charge is 0.399 e. The molecule has 1 heterocycles. The van der Waals surface area contributed by atoms with Crippen LogP contribution in [0.15, 0.2) is 47.3 Å². The van der Waals surface area contributed by atoms with Gasteiger partial charge in [-0.15, -0.1) is 0 Å². The summed E-state index contributed by atoms with van der Waals surface area (Å²) in [5.74, 6) is 0. The molecule has 3 aromatic rings. The number of hydrogen-bond acceptors (Lipinski definition) is 2. The molecule has 0 unspecified atom stereocenters. The minimum Gasteiger partial charge on any atom is -0.399 e. The highest BCUT2D eigenvalue weighted by Crippen LogP contribution is 2.23. The van der Waals surface area contributed by atoms with Crippen molar-refractivity contribution >= 4 is 28.3 Å². The van der Waals surface area contributed by atoms with E-state index in [4.69, 9.17) is 17.3 Å². The van der Waals surface area contributed by atoms with Crippen LogP contribution in [0, 0.1) is 0 Å². The third kappa shape index (κ3) is 1.58. The second-order valence-electron chi connectivity index (χ2n) is 3.99. The Hall–Kier alpha value is -2.20. The van der Waals surface area contributed by atoms with Crippen molar-refractivity contribution in [2.45, 2.75) is 0 Å². The number of rotatable bonds is 1. The van der Waals surface area contributed by atoms with Crippen LogP contribution in [-0.4, -0.2) is 9.55 Å². The van der Waals surface area contributed by atoms with Gasteiger partial charge in [0.25, 0.3) is 0 Å². The average Bonchev–Trinajstić information content (AvgIpc) is 2.65. The number of imidazole rings is 1. The number of para-hydroxylation sites is 1. The molecule has 18 heavy (non-hydrogen) atoms. The smallest absolute Gasteiger partial charge is 0.331 e. The van der Waals surface area contributed by atoms with Crippen LogP contribution in [0.4, 0.5) is 5.69 Å². The lowest BCUT2D eigenvalue weighted by molar-refractivity contribution is 1.02. The first-order valence-corrected chi connectivity index (χ1v) is 5.80. The lowest BCUT2D eigenvalue weighted by atomic mass is 10.2. The van der Waals surface area contributed by atoms with E-state index in [1.54, 1.807) is 30.3 Å². The van der Waals surface area contributed by atoms with Gasteiger partial charge in [-0.2, -0.15) is 0 Å². The summed E-state index contributed by atoms with van der Waals surface area (Å²) in [6.45, 7) is 0. The molecule has 0 saturated carbocycles. The van der Waals surface area contributed by atoms with E-state index in [-0.39, 0.29) is 5.69 Å². The molecule has 5 heteroatoms. The molecular weight excluding hydrogens is 250 g/mol. The molecule has 0 amide bonds. The predicted molar refractivity (Wildman–Crippen MR) is 73.3 cm³/mol. The predicted octanol–water partition coefficient (Wildman–Crippen LogP) is 2.55. The highest BCUT2D eigenvalue weighted by molar-refractivity contribution is 6.32. The van der Waals surface area contributed by atoms with E-state index in [1.165, 1.54) is 4.57 Å². The summed E-state index contributed by atoms with van der Waals surface area (Å²) in [7, 11) is 0. The molecule has 0 saturated heterocycles. The third-order valence-corrected chi connectivity index (χ3v) is 3.12. The molecule has 0 aliphatic rings. The minimum atomic E-state index is -0.233. The van der Waals surface area contributed by atoms with Gasteiger partial charge >= 0.3 is 5.69 Å². The highest BCUT2D eigenvalue weighted by atomic mass is 35.5. The van der Waals surface area contributed by atoms with Crippen LogP contribution in [0.25, 0.3) is 16.7 Å². The Morgan fingerprint density at radius 3 is 2.72 bits per heavy atom. The summed E-state index contributed by atoms with van der Waals surface area (Å²) in [6.07, 6.45) is 0. The fourth-order valence-electron chi connectivity index (χ4n) is 2.00. The minimum absolute atomic E-state index is 0.233. The van der Waals surface area contributed by atoms with E-state index in [0.29, 0.717) is 21.9 Å². The quantitative estimate of drug-likeness (QED) is 0.660. The second-order valence-corrected chi connectivity index (χ2v) is 4.40. The van der Waals surface area contributed by atoms with Crippen LogP contribution in [0.2, 0.25) is 5.02 Å². The zero-order valence-electron chi connectivity index (χ0n) is 9.35. The number of nitrogens with two attached hydrogens (primary N) is 1. The molecule has 0 bridgehead atoms. The number of aromatic amines is 1. The van der Waals surface area contributed by atoms with Crippen molar-refractivity contribution in [2.24, 2.45) is 0 Å².